The molecule has 1 aliphatic carbocycles. The van der Waals surface area contributed by atoms with Crippen LogP contribution in [0, 0.1) is 0 Å². The first-order valence-corrected chi connectivity index (χ1v) is 7.72. The number of hydrogen-bond acceptors (Lipinski definition) is 1. The second-order valence-electron chi connectivity index (χ2n) is 5.97. The Kier molecular flexibility index (Phi) is 2.20. The first-order chi connectivity index (χ1) is 10.4. The van der Waals surface area contributed by atoms with E-state index in [1.54, 1.807) is 5.56 Å². The molecule has 0 N–H and O–H groups in total. The van der Waals surface area contributed by atoms with Crippen molar-refractivity contribution in [3.8, 4) is 0 Å². The predicted octanol–water partition coefficient (Wildman–Crippen LogP) is 4.52. The number of para-hydroxylation sites is 1. The molecule has 1 aliphatic rings. The monoisotopic (exact) mass is 272 g/mol. The van der Waals surface area contributed by atoms with Crippen LogP contribution >= 0.6 is 0 Å². The van der Waals surface area contributed by atoms with Gasteiger partial charge in [-0.25, -0.2) is 4.98 Å². The number of pyridine rings is 1. The lowest BCUT2D eigenvalue weighted by Gasteiger charge is -2.20. The number of imidazole rings is 1. The van der Waals surface area contributed by atoms with Gasteiger partial charge in [0.2, 0.25) is 0 Å². The van der Waals surface area contributed by atoms with Gasteiger partial charge in [0.15, 0.2) is 0 Å². The van der Waals surface area contributed by atoms with Crippen molar-refractivity contribution in [2.45, 2.75) is 25.7 Å². The Morgan fingerprint density at radius 3 is 2.81 bits per heavy atom. The minimum absolute atomic E-state index is 1.08. The van der Waals surface area contributed by atoms with E-state index in [1.165, 1.54) is 52.9 Å². The lowest BCUT2D eigenvalue weighted by atomic mass is 9.86. The van der Waals surface area contributed by atoms with E-state index in [2.05, 4.69) is 52.0 Å². The summed E-state index contributed by atoms with van der Waals surface area (Å²) in [6, 6.07) is 13.3. The smallest absolute Gasteiger partial charge is 0.145 e. The number of fused-ring (bicyclic) bond motifs is 8. The first-order valence-electron chi connectivity index (χ1n) is 7.72. The van der Waals surface area contributed by atoms with Gasteiger partial charge in [0.05, 0.1) is 5.52 Å². The molecule has 0 radical (unpaired) electrons. The number of benzene rings is 2. The first kappa shape index (κ1) is 11.3. The summed E-state index contributed by atoms with van der Waals surface area (Å²) in [5, 5.41) is 4.08. The number of aryl methyl sites for hydroxylation is 2. The molecule has 21 heavy (non-hydrogen) atoms. The predicted molar refractivity (Wildman–Crippen MR) is 86.8 cm³/mol. The summed E-state index contributed by atoms with van der Waals surface area (Å²) >= 11 is 0. The topological polar surface area (TPSA) is 17.3 Å². The van der Waals surface area contributed by atoms with E-state index in [4.69, 9.17) is 0 Å². The molecule has 0 saturated carbocycles. The fourth-order valence-electron chi connectivity index (χ4n) is 3.91. The van der Waals surface area contributed by atoms with E-state index in [9.17, 15) is 0 Å². The Bertz CT molecular complexity index is 995. The molecule has 0 unspecified atom stereocenters. The third-order valence-electron chi connectivity index (χ3n) is 4.85. The third kappa shape index (κ3) is 1.45. The Morgan fingerprint density at radius 2 is 1.81 bits per heavy atom. The molecule has 2 aromatic heterocycles. The highest BCUT2D eigenvalue weighted by molar-refractivity contribution is 6.13. The summed E-state index contributed by atoms with van der Waals surface area (Å²) in [7, 11) is 0. The molecule has 2 heterocycles. The molecule has 0 fully saturated rings. The molecular weight excluding hydrogens is 256 g/mol. The Morgan fingerprint density at radius 1 is 0.905 bits per heavy atom. The van der Waals surface area contributed by atoms with Gasteiger partial charge in [0.25, 0.3) is 0 Å². The standard InChI is InChI=1S/C19H16N2/c1-2-6-14-13(5-1)9-10-16-18(14)15-7-3-4-8-17(15)21-12-11-20-19(16)21/h3-4,7-12H,1-2,5-6H2. The molecule has 2 nitrogen and oxygen atoms in total. The zero-order chi connectivity index (χ0) is 13.8. The second-order valence-corrected chi connectivity index (χ2v) is 5.97. The van der Waals surface area contributed by atoms with Crippen LogP contribution in [0.1, 0.15) is 24.0 Å². The van der Waals surface area contributed by atoms with Gasteiger partial charge < -0.3 is 0 Å². The molecule has 102 valence electrons. The maximum atomic E-state index is 4.61. The van der Waals surface area contributed by atoms with E-state index in [0.29, 0.717) is 0 Å². The molecule has 0 aliphatic heterocycles. The molecule has 0 spiro atoms. The zero-order valence-electron chi connectivity index (χ0n) is 11.8. The summed E-state index contributed by atoms with van der Waals surface area (Å²) in [5.74, 6) is 0. The third-order valence-corrected chi connectivity index (χ3v) is 4.85. The van der Waals surface area contributed by atoms with Crippen molar-refractivity contribution in [2.75, 3.05) is 0 Å². The SMILES string of the molecule is c1ccc2c(c1)c1c3c(ccc1c1nccn21)CCCC3. The van der Waals surface area contributed by atoms with Gasteiger partial charge in [0, 0.05) is 23.2 Å². The van der Waals surface area contributed by atoms with Gasteiger partial charge in [-0.05, 0) is 48.3 Å². The van der Waals surface area contributed by atoms with Crippen molar-refractivity contribution in [1.82, 2.24) is 9.38 Å². The van der Waals surface area contributed by atoms with Crippen LogP contribution in [0.3, 0.4) is 0 Å². The minimum atomic E-state index is 1.08. The zero-order valence-corrected chi connectivity index (χ0v) is 11.8. The normalized spacial score (nSPS) is 14.9. The van der Waals surface area contributed by atoms with E-state index in [0.717, 1.165) is 5.65 Å². The van der Waals surface area contributed by atoms with Gasteiger partial charge in [-0.15, -0.1) is 0 Å². The number of aromatic nitrogens is 2. The molecule has 2 aromatic carbocycles. The molecule has 2 heteroatoms. The average Bonchev–Trinajstić information content (AvgIpc) is 3.04. The van der Waals surface area contributed by atoms with Crippen molar-refractivity contribution in [2.24, 2.45) is 0 Å². The summed E-state index contributed by atoms with van der Waals surface area (Å²) < 4.78 is 2.22. The number of rotatable bonds is 0. The van der Waals surface area contributed by atoms with Gasteiger partial charge >= 0.3 is 0 Å². The highest BCUT2D eigenvalue weighted by Gasteiger charge is 2.17. The fraction of sp³-hybridized carbons (Fsp3) is 0.211. The summed E-state index contributed by atoms with van der Waals surface area (Å²) in [5.41, 5.74) is 5.43. The summed E-state index contributed by atoms with van der Waals surface area (Å²) in [6.07, 6.45) is 9.02. The lowest BCUT2D eigenvalue weighted by Crippen LogP contribution is -2.04. The van der Waals surface area contributed by atoms with Crippen LogP contribution in [-0.4, -0.2) is 9.38 Å². The molecule has 0 atom stereocenters. The van der Waals surface area contributed by atoms with E-state index >= 15 is 0 Å². The average molecular weight is 272 g/mol. The maximum absolute atomic E-state index is 4.61. The van der Waals surface area contributed by atoms with Crippen LogP contribution in [0.25, 0.3) is 27.3 Å². The van der Waals surface area contributed by atoms with Gasteiger partial charge in [0.1, 0.15) is 5.65 Å². The van der Waals surface area contributed by atoms with E-state index in [1.807, 2.05) is 6.20 Å². The molecular formula is C19H16N2. The lowest BCUT2D eigenvalue weighted by molar-refractivity contribution is 0.690. The van der Waals surface area contributed by atoms with Crippen LogP contribution in [0.4, 0.5) is 0 Å². The summed E-state index contributed by atoms with van der Waals surface area (Å²) in [6.45, 7) is 0. The molecule has 0 saturated heterocycles. The van der Waals surface area contributed by atoms with Crippen molar-refractivity contribution in [3.63, 3.8) is 0 Å². The molecule has 5 rings (SSSR count). The molecule has 4 aromatic rings. The van der Waals surface area contributed by atoms with Crippen molar-refractivity contribution in [3.05, 3.63) is 59.9 Å². The van der Waals surface area contributed by atoms with Crippen molar-refractivity contribution in [1.29, 1.82) is 0 Å². The molecule has 0 amide bonds. The van der Waals surface area contributed by atoms with Gasteiger partial charge in [-0.1, -0.05) is 30.3 Å². The quantitative estimate of drug-likeness (QED) is 0.430. The Labute approximate surface area is 123 Å². The van der Waals surface area contributed by atoms with Crippen LogP contribution in [0.2, 0.25) is 0 Å². The number of hydrogen-bond donors (Lipinski definition) is 0. The maximum Gasteiger partial charge on any atom is 0.145 e. The minimum Gasteiger partial charge on any atom is -0.299 e. The second kappa shape index (κ2) is 4.08. The Hall–Kier alpha value is -2.35. The van der Waals surface area contributed by atoms with E-state index in [-0.39, 0.29) is 0 Å². The fourth-order valence-corrected chi connectivity index (χ4v) is 3.91. The van der Waals surface area contributed by atoms with Crippen molar-refractivity contribution < 1.29 is 0 Å². The van der Waals surface area contributed by atoms with Crippen LogP contribution < -0.4 is 0 Å². The highest BCUT2D eigenvalue weighted by atomic mass is 15.0. The van der Waals surface area contributed by atoms with E-state index < -0.39 is 0 Å². The largest absolute Gasteiger partial charge is 0.299 e. The van der Waals surface area contributed by atoms with Crippen molar-refractivity contribution >= 4 is 27.3 Å². The van der Waals surface area contributed by atoms with Gasteiger partial charge in [-0.3, -0.25) is 4.40 Å². The number of nitrogens with zero attached hydrogens (tertiary/aromatic N) is 2. The summed E-state index contributed by atoms with van der Waals surface area (Å²) in [4.78, 5) is 4.61. The molecule has 0 bridgehead atoms. The highest BCUT2D eigenvalue weighted by Crippen LogP contribution is 2.35. The van der Waals surface area contributed by atoms with Gasteiger partial charge in [-0.2, -0.15) is 0 Å². The van der Waals surface area contributed by atoms with Crippen LogP contribution in [0.15, 0.2) is 48.8 Å². The Balaban J connectivity index is 2.12. The van der Waals surface area contributed by atoms with Crippen LogP contribution in [-0.2, 0) is 12.8 Å². The van der Waals surface area contributed by atoms with Crippen LogP contribution in [0.5, 0.6) is 0 Å².